The molecule has 0 aliphatic carbocycles. The predicted octanol–water partition coefficient (Wildman–Crippen LogP) is 3.61. The molecule has 5 heteroatoms. The summed E-state index contributed by atoms with van der Waals surface area (Å²) in [6, 6.07) is 5.87. The molecule has 1 saturated heterocycles. The molecule has 2 rings (SSSR count). The maximum atomic E-state index is 8.92. The van der Waals surface area contributed by atoms with Crippen molar-refractivity contribution in [3.63, 3.8) is 0 Å². The van der Waals surface area contributed by atoms with Crippen LogP contribution in [-0.2, 0) is 0 Å². The van der Waals surface area contributed by atoms with Crippen LogP contribution in [0.2, 0.25) is 10.0 Å². The summed E-state index contributed by atoms with van der Waals surface area (Å²) in [5.74, 6) is 0.683. The first-order chi connectivity index (χ1) is 9.70. The number of hydrogen-bond donors (Lipinski definition) is 1. The van der Waals surface area contributed by atoms with Gasteiger partial charge in [0.25, 0.3) is 0 Å². The number of aliphatic hydroxyl groups excluding tert-OH is 1. The van der Waals surface area contributed by atoms with Gasteiger partial charge in [-0.15, -0.1) is 0 Å². The third-order valence-electron chi connectivity index (χ3n) is 3.72. The van der Waals surface area contributed by atoms with Gasteiger partial charge in [0.05, 0.1) is 5.02 Å². The lowest BCUT2D eigenvalue weighted by molar-refractivity contribution is 0.180. The van der Waals surface area contributed by atoms with E-state index in [9.17, 15) is 0 Å². The number of rotatable bonds is 7. The Bertz CT molecular complexity index is 428. The van der Waals surface area contributed by atoms with Gasteiger partial charge < -0.3 is 9.84 Å². The third-order valence-corrected chi connectivity index (χ3v) is 4.25. The van der Waals surface area contributed by atoms with E-state index in [0.717, 1.165) is 25.9 Å². The molecule has 0 radical (unpaired) electrons. The Labute approximate surface area is 130 Å². The molecule has 1 N–H and O–H groups in total. The molecule has 1 aromatic carbocycles. The van der Waals surface area contributed by atoms with Gasteiger partial charge in [0.15, 0.2) is 0 Å². The second-order valence-corrected chi connectivity index (χ2v) is 5.96. The van der Waals surface area contributed by atoms with Crippen LogP contribution >= 0.6 is 23.2 Å². The summed E-state index contributed by atoms with van der Waals surface area (Å²) in [6.07, 6.45) is 4.41. The van der Waals surface area contributed by atoms with Gasteiger partial charge in [-0.2, -0.15) is 0 Å². The number of ether oxygens (including phenoxy) is 1. The van der Waals surface area contributed by atoms with Gasteiger partial charge in [-0.05, 0) is 50.4 Å². The SMILES string of the molecule is OCCCC1CCCN1CCOc1ccc(Cl)cc1Cl. The standard InChI is InChI=1S/C15H21Cl2NO2/c16-12-5-6-15(14(17)11-12)20-10-8-18-7-1-3-13(18)4-2-9-19/h5-6,11,13,19H,1-4,7-10H2. The summed E-state index contributed by atoms with van der Waals surface area (Å²) in [4.78, 5) is 2.44. The first kappa shape index (κ1) is 15.9. The highest BCUT2D eigenvalue weighted by molar-refractivity contribution is 6.35. The smallest absolute Gasteiger partial charge is 0.138 e. The van der Waals surface area contributed by atoms with Crippen molar-refractivity contribution in [3.8, 4) is 5.75 Å². The van der Waals surface area contributed by atoms with Crippen LogP contribution < -0.4 is 4.74 Å². The number of likely N-dealkylation sites (tertiary alicyclic amines) is 1. The zero-order valence-corrected chi connectivity index (χ0v) is 13.0. The second kappa shape index (κ2) is 8.08. The van der Waals surface area contributed by atoms with E-state index < -0.39 is 0 Å². The maximum absolute atomic E-state index is 8.92. The van der Waals surface area contributed by atoms with Crippen LogP contribution in [0.15, 0.2) is 18.2 Å². The maximum Gasteiger partial charge on any atom is 0.138 e. The minimum Gasteiger partial charge on any atom is -0.491 e. The molecule has 1 aromatic rings. The Kier molecular flexibility index (Phi) is 6.43. The van der Waals surface area contributed by atoms with Crippen molar-refractivity contribution in [1.29, 1.82) is 0 Å². The average Bonchev–Trinajstić information content (AvgIpc) is 2.86. The normalized spacial score (nSPS) is 19.4. The lowest BCUT2D eigenvalue weighted by Gasteiger charge is -2.24. The van der Waals surface area contributed by atoms with Crippen molar-refractivity contribution in [2.45, 2.75) is 31.7 Å². The zero-order chi connectivity index (χ0) is 14.4. The van der Waals surface area contributed by atoms with E-state index >= 15 is 0 Å². The van der Waals surface area contributed by atoms with E-state index in [0.29, 0.717) is 28.4 Å². The molecule has 3 nitrogen and oxygen atoms in total. The third kappa shape index (κ3) is 4.52. The topological polar surface area (TPSA) is 32.7 Å². The molecular formula is C15H21Cl2NO2. The fourth-order valence-corrected chi connectivity index (χ4v) is 3.17. The minimum atomic E-state index is 0.279. The number of halogens is 2. The van der Waals surface area contributed by atoms with E-state index in [2.05, 4.69) is 4.90 Å². The van der Waals surface area contributed by atoms with Crippen LogP contribution in [0.3, 0.4) is 0 Å². The van der Waals surface area contributed by atoms with E-state index in [4.69, 9.17) is 33.0 Å². The van der Waals surface area contributed by atoms with E-state index in [1.54, 1.807) is 18.2 Å². The summed E-state index contributed by atoms with van der Waals surface area (Å²) in [6.45, 7) is 2.92. The van der Waals surface area contributed by atoms with Crippen molar-refractivity contribution in [1.82, 2.24) is 4.90 Å². The molecule has 0 aromatic heterocycles. The van der Waals surface area contributed by atoms with Gasteiger partial charge in [-0.3, -0.25) is 4.90 Å². The van der Waals surface area contributed by atoms with E-state index in [1.807, 2.05) is 0 Å². The molecule has 0 spiro atoms. The van der Waals surface area contributed by atoms with Gasteiger partial charge in [0.1, 0.15) is 12.4 Å². The molecule has 1 fully saturated rings. The highest BCUT2D eigenvalue weighted by atomic mass is 35.5. The van der Waals surface area contributed by atoms with Crippen LogP contribution in [0.4, 0.5) is 0 Å². The van der Waals surface area contributed by atoms with Crippen molar-refractivity contribution in [2.24, 2.45) is 0 Å². The Hall–Kier alpha value is -0.480. The van der Waals surface area contributed by atoms with Crippen molar-refractivity contribution < 1.29 is 9.84 Å². The monoisotopic (exact) mass is 317 g/mol. The number of hydrogen-bond acceptors (Lipinski definition) is 3. The largest absolute Gasteiger partial charge is 0.491 e. The highest BCUT2D eigenvalue weighted by Gasteiger charge is 2.23. The zero-order valence-electron chi connectivity index (χ0n) is 11.5. The van der Waals surface area contributed by atoms with Gasteiger partial charge >= 0.3 is 0 Å². The van der Waals surface area contributed by atoms with Crippen molar-refractivity contribution in [2.75, 3.05) is 26.3 Å². The quantitative estimate of drug-likeness (QED) is 0.834. The molecule has 0 bridgehead atoms. The highest BCUT2D eigenvalue weighted by Crippen LogP contribution is 2.27. The van der Waals surface area contributed by atoms with Gasteiger partial charge in [-0.1, -0.05) is 23.2 Å². The summed E-state index contributed by atoms with van der Waals surface area (Å²) >= 11 is 11.9. The molecular weight excluding hydrogens is 297 g/mol. The molecule has 112 valence electrons. The number of aliphatic hydroxyl groups is 1. The first-order valence-corrected chi connectivity index (χ1v) is 7.89. The molecule has 0 amide bonds. The van der Waals surface area contributed by atoms with Crippen LogP contribution in [0, 0.1) is 0 Å². The van der Waals surface area contributed by atoms with Crippen LogP contribution in [-0.4, -0.2) is 42.4 Å². The Balaban J connectivity index is 1.77. The predicted molar refractivity (Wildman–Crippen MR) is 82.9 cm³/mol. The number of benzene rings is 1. The summed E-state index contributed by atoms with van der Waals surface area (Å²) in [5.41, 5.74) is 0. The van der Waals surface area contributed by atoms with Crippen LogP contribution in [0.5, 0.6) is 5.75 Å². The molecule has 1 heterocycles. The van der Waals surface area contributed by atoms with Crippen molar-refractivity contribution >= 4 is 23.2 Å². The lowest BCUT2D eigenvalue weighted by Crippen LogP contribution is -2.33. The van der Waals surface area contributed by atoms with Gasteiger partial charge in [0, 0.05) is 24.2 Å². The van der Waals surface area contributed by atoms with Crippen molar-refractivity contribution in [3.05, 3.63) is 28.2 Å². The van der Waals surface area contributed by atoms with Gasteiger partial charge in [0.2, 0.25) is 0 Å². The minimum absolute atomic E-state index is 0.279. The molecule has 1 aliphatic heterocycles. The Morgan fingerprint density at radius 2 is 2.20 bits per heavy atom. The lowest BCUT2D eigenvalue weighted by atomic mass is 10.1. The van der Waals surface area contributed by atoms with Crippen LogP contribution in [0.25, 0.3) is 0 Å². The van der Waals surface area contributed by atoms with Gasteiger partial charge in [-0.25, -0.2) is 0 Å². The fraction of sp³-hybridized carbons (Fsp3) is 0.600. The van der Waals surface area contributed by atoms with Crippen LogP contribution in [0.1, 0.15) is 25.7 Å². The molecule has 0 saturated carbocycles. The molecule has 20 heavy (non-hydrogen) atoms. The summed E-state index contributed by atoms with van der Waals surface area (Å²) in [7, 11) is 0. The first-order valence-electron chi connectivity index (χ1n) is 7.13. The Morgan fingerprint density at radius 3 is 2.95 bits per heavy atom. The van der Waals surface area contributed by atoms with E-state index in [-0.39, 0.29) is 6.61 Å². The van der Waals surface area contributed by atoms with E-state index in [1.165, 1.54) is 12.8 Å². The number of nitrogens with zero attached hydrogens (tertiary/aromatic N) is 1. The molecule has 1 unspecified atom stereocenters. The fourth-order valence-electron chi connectivity index (χ4n) is 2.71. The Morgan fingerprint density at radius 1 is 1.35 bits per heavy atom. The summed E-state index contributed by atoms with van der Waals surface area (Å²) in [5, 5.41) is 10.1. The second-order valence-electron chi connectivity index (χ2n) is 5.12. The summed E-state index contributed by atoms with van der Waals surface area (Å²) < 4.78 is 5.72. The molecule has 1 atom stereocenters. The average molecular weight is 318 g/mol. The molecule has 1 aliphatic rings.